The van der Waals surface area contributed by atoms with Gasteiger partial charge < -0.3 is 28.8 Å². The van der Waals surface area contributed by atoms with Crippen molar-refractivity contribution in [3.8, 4) is 0 Å². The molecule has 0 spiro atoms. The molecular weight excluding hydrogens is 816 g/mol. The van der Waals surface area contributed by atoms with Gasteiger partial charge in [-0.05, 0) is 38.5 Å². The van der Waals surface area contributed by atoms with Crippen molar-refractivity contribution in [2.45, 2.75) is 296 Å². The average molecular weight is 927 g/mol. The monoisotopic (exact) mass is 927 g/mol. The lowest BCUT2D eigenvalue weighted by molar-refractivity contribution is -0.870. The van der Waals surface area contributed by atoms with Crippen molar-refractivity contribution < 1.29 is 32.9 Å². The zero-order valence-corrected chi connectivity index (χ0v) is 44.4. The molecule has 8 nitrogen and oxygen atoms in total. The quantitative estimate of drug-likeness (QED) is 0.0272. The number of allylic oxidation sites excluding steroid dienone is 2. The molecule has 64 heavy (non-hydrogen) atoms. The summed E-state index contributed by atoms with van der Waals surface area (Å²) in [6.45, 7) is 4.73. The molecule has 3 atom stereocenters. The number of phosphoric ester groups is 1. The van der Waals surface area contributed by atoms with E-state index in [-0.39, 0.29) is 19.1 Å². The van der Waals surface area contributed by atoms with E-state index in [1.165, 1.54) is 218 Å². The van der Waals surface area contributed by atoms with E-state index in [9.17, 15) is 19.4 Å². The number of quaternary nitrogens is 1. The first kappa shape index (κ1) is 63.2. The lowest BCUT2D eigenvalue weighted by atomic mass is 10.0. The van der Waals surface area contributed by atoms with Gasteiger partial charge in [0.15, 0.2) is 0 Å². The van der Waals surface area contributed by atoms with Gasteiger partial charge in [-0.2, -0.15) is 0 Å². The number of amides is 1. The second-order valence-corrected chi connectivity index (χ2v) is 22.1. The highest BCUT2D eigenvalue weighted by Crippen LogP contribution is 2.38. The maximum atomic E-state index is 12.9. The molecule has 1 amide bonds. The zero-order chi connectivity index (χ0) is 47.1. The molecule has 0 aromatic heterocycles. The molecule has 2 N–H and O–H groups in total. The van der Waals surface area contributed by atoms with Crippen LogP contribution in [-0.4, -0.2) is 68.5 Å². The predicted octanol–water partition coefficient (Wildman–Crippen LogP) is 16.0. The number of phosphoric acid groups is 1. The van der Waals surface area contributed by atoms with Crippen molar-refractivity contribution in [1.82, 2.24) is 5.32 Å². The minimum atomic E-state index is -4.56. The maximum Gasteiger partial charge on any atom is 0.268 e. The molecule has 0 fully saturated rings. The zero-order valence-electron chi connectivity index (χ0n) is 43.5. The fraction of sp³-hybridized carbons (Fsp3) is 0.945. The Balaban J connectivity index is 3.91. The van der Waals surface area contributed by atoms with E-state index >= 15 is 0 Å². The Kier molecular flexibility index (Phi) is 46.8. The van der Waals surface area contributed by atoms with Crippen molar-refractivity contribution in [2.24, 2.45) is 0 Å². The lowest BCUT2D eigenvalue weighted by Gasteiger charge is -2.30. The van der Waals surface area contributed by atoms with E-state index in [4.69, 9.17) is 9.05 Å². The smallest absolute Gasteiger partial charge is 0.268 e. The third kappa shape index (κ3) is 49.2. The molecule has 0 rings (SSSR count). The van der Waals surface area contributed by atoms with E-state index < -0.39 is 20.0 Å². The van der Waals surface area contributed by atoms with Crippen molar-refractivity contribution >= 4 is 13.7 Å². The van der Waals surface area contributed by atoms with E-state index in [2.05, 4.69) is 31.3 Å². The fourth-order valence-corrected chi connectivity index (χ4v) is 9.29. The van der Waals surface area contributed by atoms with Crippen LogP contribution in [0.5, 0.6) is 0 Å². The fourth-order valence-electron chi connectivity index (χ4n) is 8.57. The first-order valence-electron chi connectivity index (χ1n) is 28.0. The van der Waals surface area contributed by atoms with Gasteiger partial charge in [0.05, 0.1) is 39.9 Å². The molecule has 0 aromatic carbocycles. The van der Waals surface area contributed by atoms with Crippen LogP contribution in [0.4, 0.5) is 0 Å². The molecule has 9 heteroatoms. The van der Waals surface area contributed by atoms with Crippen LogP contribution in [0, 0.1) is 0 Å². The molecule has 0 aliphatic carbocycles. The number of rotatable bonds is 52. The Morgan fingerprint density at radius 1 is 0.531 bits per heavy atom. The molecule has 0 radical (unpaired) electrons. The van der Waals surface area contributed by atoms with Crippen molar-refractivity contribution in [3.05, 3.63) is 12.2 Å². The highest BCUT2D eigenvalue weighted by molar-refractivity contribution is 7.45. The molecular formula is C55H111N2O6P. The summed E-state index contributed by atoms with van der Waals surface area (Å²) in [6, 6.07) is -0.795. The van der Waals surface area contributed by atoms with Gasteiger partial charge in [0.25, 0.3) is 7.82 Å². The van der Waals surface area contributed by atoms with E-state index in [1.54, 1.807) is 0 Å². The first-order chi connectivity index (χ1) is 31.0. The SMILES string of the molecule is CCCCCCCCCCCCCC/C=C\CCCCCCCCCCCCCCCCCCC(=O)NC(COP(=O)([O-])OCC[N+](C)(C)C)C(O)CCCCCCCCCCCC. The number of nitrogens with one attached hydrogen (secondary N) is 1. The molecule has 0 saturated heterocycles. The highest BCUT2D eigenvalue weighted by Gasteiger charge is 2.24. The van der Waals surface area contributed by atoms with Gasteiger partial charge >= 0.3 is 0 Å². The summed E-state index contributed by atoms with van der Waals surface area (Å²) in [6.07, 6.45) is 56.9. The van der Waals surface area contributed by atoms with Crippen LogP contribution >= 0.6 is 7.82 Å². The van der Waals surface area contributed by atoms with Crippen LogP contribution in [0.3, 0.4) is 0 Å². The van der Waals surface area contributed by atoms with Crippen LogP contribution in [0.2, 0.25) is 0 Å². The number of hydrogen-bond acceptors (Lipinski definition) is 6. The number of aliphatic hydroxyl groups is 1. The molecule has 3 unspecified atom stereocenters. The van der Waals surface area contributed by atoms with Crippen LogP contribution < -0.4 is 10.2 Å². The summed E-state index contributed by atoms with van der Waals surface area (Å²) in [5.41, 5.74) is 0. The molecule has 0 aliphatic heterocycles. The summed E-state index contributed by atoms with van der Waals surface area (Å²) in [4.78, 5) is 25.4. The number of unbranched alkanes of at least 4 members (excludes halogenated alkanes) is 37. The number of carbonyl (C=O) groups is 1. The third-order valence-corrected chi connectivity index (χ3v) is 14.0. The lowest BCUT2D eigenvalue weighted by Crippen LogP contribution is -2.46. The number of aliphatic hydroxyl groups excluding tert-OH is 1. The Morgan fingerprint density at radius 2 is 0.859 bits per heavy atom. The van der Waals surface area contributed by atoms with Crippen LogP contribution in [0.15, 0.2) is 12.2 Å². The minimum absolute atomic E-state index is 0.0147. The van der Waals surface area contributed by atoms with Gasteiger partial charge in [-0.15, -0.1) is 0 Å². The van der Waals surface area contributed by atoms with Crippen LogP contribution in [0.25, 0.3) is 0 Å². The number of carbonyl (C=O) groups excluding carboxylic acids is 1. The van der Waals surface area contributed by atoms with E-state index in [1.807, 2.05) is 21.1 Å². The Hall–Kier alpha value is -0.760. The van der Waals surface area contributed by atoms with Gasteiger partial charge in [0, 0.05) is 6.42 Å². The summed E-state index contributed by atoms with van der Waals surface area (Å²) in [5, 5.41) is 13.9. The molecule has 0 saturated carbocycles. The predicted molar refractivity (Wildman–Crippen MR) is 275 cm³/mol. The number of likely N-dealkylation sites (N-methyl/N-ethyl adjacent to an activating group) is 1. The second kappa shape index (κ2) is 47.3. The van der Waals surface area contributed by atoms with Crippen LogP contribution in [0.1, 0.15) is 284 Å². The van der Waals surface area contributed by atoms with Gasteiger partial charge in [0.2, 0.25) is 5.91 Å². The van der Waals surface area contributed by atoms with Gasteiger partial charge in [-0.25, -0.2) is 0 Å². The third-order valence-electron chi connectivity index (χ3n) is 13.0. The summed E-state index contributed by atoms with van der Waals surface area (Å²) < 4.78 is 23.3. The van der Waals surface area contributed by atoms with Crippen molar-refractivity contribution in [1.29, 1.82) is 0 Å². The number of nitrogens with zero attached hydrogens (tertiary/aromatic N) is 1. The Bertz CT molecular complexity index is 1050. The van der Waals surface area contributed by atoms with Crippen molar-refractivity contribution in [2.75, 3.05) is 40.9 Å². The number of hydrogen-bond donors (Lipinski definition) is 2. The van der Waals surface area contributed by atoms with Crippen LogP contribution in [-0.2, 0) is 18.4 Å². The summed E-state index contributed by atoms with van der Waals surface area (Å²) in [5.74, 6) is -0.162. The Morgan fingerprint density at radius 3 is 1.22 bits per heavy atom. The topological polar surface area (TPSA) is 108 Å². The molecule has 382 valence electrons. The maximum absolute atomic E-state index is 12.9. The van der Waals surface area contributed by atoms with Gasteiger partial charge in [-0.1, -0.05) is 251 Å². The average Bonchev–Trinajstić information content (AvgIpc) is 3.25. The molecule has 0 aliphatic rings. The van der Waals surface area contributed by atoms with E-state index in [0.717, 1.165) is 38.5 Å². The second-order valence-electron chi connectivity index (χ2n) is 20.6. The summed E-state index contributed by atoms with van der Waals surface area (Å²) in [7, 11) is 1.32. The minimum Gasteiger partial charge on any atom is -0.756 e. The molecule has 0 heterocycles. The molecule has 0 bridgehead atoms. The molecule has 0 aromatic rings. The van der Waals surface area contributed by atoms with Gasteiger partial charge in [-0.3, -0.25) is 9.36 Å². The largest absolute Gasteiger partial charge is 0.756 e. The van der Waals surface area contributed by atoms with Crippen molar-refractivity contribution in [3.63, 3.8) is 0 Å². The highest BCUT2D eigenvalue weighted by atomic mass is 31.2. The normalized spacial score (nSPS) is 14.0. The standard InChI is InChI=1S/C55H111N2O6P/c1-6-8-10-12-14-16-18-19-20-21-22-23-24-25-26-27-28-29-30-31-32-33-34-35-36-37-38-39-41-43-45-47-49-55(59)56-53(52-63-64(60,61)62-51-50-57(3,4)5)54(58)48-46-44-42-40-17-15-13-11-9-7-2/h25-26,53-54,58H,6-24,27-52H2,1-5H3,(H-,56,59,60,61)/b26-25-. The van der Waals surface area contributed by atoms with Gasteiger partial charge in [0.1, 0.15) is 13.2 Å². The summed E-state index contributed by atoms with van der Waals surface area (Å²) >= 11 is 0. The Labute approximate surface area is 399 Å². The van der Waals surface area contributed by atoms with E-state index in [0.29, 0.717) is 23.9 Å². The first-order valence-corrected chi connectivity index (χ1v) is 29.5.